The molecule has 80 heavy (non-hydrogen) atoms. The molecule has 2 aromatic carbocycles. The monoisotopic (exact) mass is 1180 g/mol. The van der Waals surface area contributed by atoms with Gasteiger partial charge in [0.1, 0.15) is 31.2 Å². The number of primary amides is 1. The maximum Gasteiger partial charge on any atom is 0.313 e. The van der Waals surface area contributed by atoms with E-state index in [0.29, 0.717) is 106 Å². The fraction of sp³-hybridized carbons (Fsp3) is 0.567. The summed E-state index contributed by atoms with van der Waals surface area (Å²) < 4.78 is 36.7. The first-order chi connectivity index (χ1) is 37.8. The molecule has 3 aliphatic carbocycles. The molecule has 3 saturated carbocycles. The Hall–Kier alpha value is -6.70. The second-order valence-corrected chi connectivity index (χ2v) is 21.1. The van der Waals surface area contributed by atoms with E-state index in [1.54, 1.807) is 34.6 Å². The van der Waals surface area contributed by atoms with E-state index in [2.05, 4.69) is 30.6 Å². The number of amides is 1. The third-order valence-corrected chi connectivity index (χ3v) is 14.4. The van der Waals surface area contributed by atoms with Crippen molar-refractivity contribution in [3.63, 3.8) is 0 Å². The zero-order valence-corrected chi connectivity index (χ0v) is 48.0. The number of aromatic nitrogens is 2. The average Bonchev–Trinajstić information content (AvgIpc) is 4.02. The number of carbonyl (C=O) groups is 8. The third-order valence-electron chi connectivity index (χ3n) is 13.9. The number of aliphatic carboxylic acids is 1. The summed E-state index contributed by atoms with van der Waals surface area (Å²) in [7, 11) is 0. The van der Waals surface area contributed by atoms with E-state index in [4.69, 9.17) is 38.6 Å². The number of hydrogen-bond acceptors (Lipinski definition) is 17. The van der Waals surface area contributed by atoms with Crippen molar-refractivity contribution in [2.24, 2.45) is 29.4 Å². The van der Waals surface area contributed by atoms with Crippen molar-refractivity contribution in [2.45, 2.75) is 175 Å². The zero-order valence-electron chi connectivity index (χ0n) is 46.4. The number of nitrogens with zero attached hydrogens (tertiary/aromatic N) is 2. The number of carboxylic acid groups (broad SMARTS) is 1. The Labute approximate surface area is 478 Å². The lowest BCUT2D eigenvalue weighted by molar-refractivity contribution is -0.152. The van der Waals surface area contributed by atoms with Gasteiger partial charge in [0, 0.05) is 17.8 Å². The number of ether oxygens (including phenoxy) is 5. The Kier molecular flexibility index (Phi) is 30.3. The van der Waals surface area contributed by atoms with Gasteiger partial charge in [0.2, 0.25) is 5.91 Å². The molecule has 1 unspecified atom stereocenters. The molecule has 19 nitrogen and oxygen atoms in total. The molecule has 0 bridgehead atoms. The molecule has 3 N–H and O–H groups in total. The Morgan fingerprint density at radius 1 is 0.562 bits per heavy atom. The minimum Gasteiger partial charge on any atom is -0.481 e. The van der Waals surface area contributed by atoms with Crippen LogP contribution in [0, 0.1) is 37.5 Å². The van der Waals surface area contributed by atoms with Gasteiger partial charge in [-0.3, -0.25) is 38.4 Å². The van der Waals surface area contributed by atoms with Crippen molar-refractivity contribution in [2.75, 3.05) is 19.8 Å². The van der Waals surface area contributed by atoms with Crippen molar-refractivity contribution < 1.29 is 76.0 Å². The van der Waals surface area contributed by atoms with Crippen molar-refractivity contribution in [3.05, 3.63) is 106 Å². The normalized spacial score (nSPS) is 19.6. The molecule has 1 amide bonds. The average molecular weight is 1180 g/mol. The second kappa shape index (κ2) is 35.8. The van der Waals surface area contributed by atoms with Gasteiger partial charge in [-0.1, -0.05) is 84.0 Å². The predicted molar refractivity (Wildman–Crippen MR) is 299 cm³/mol. The number of esters is 5. The molecule has 0 radical (unpaired) electrons. The van der Waals surface area contributed by atoms with E-state index in [0.717, 1.165) is 49.7 Å². The number of nitrogens with two attached hydrogens (primary N) is 1. The number of ketones is 1. The standard InChI is InChI=1S/C22H27NO5.C15H21NO5.C15H19NO3.C7H11BrO3.CH4/c1-3-26-20(24)13-19-15(2)28-21(23-19)17-9-11-18(12-10-17)22(25)27-14-16-7-5-4-6-8-16;1-3-20-13(17)8-12-9(2)21-14(16-12)10-4-6-11(7-5-10)15(18)19;16-14(17)12-6-8-13(9-7-12)15(18)19-10-11-4-2-1-3-5-11;1-3-11-7(10)4-6(9)5(2)8;/h4-8,17-18H,3,9-14H2,1-2H3;10-11H,3-8H2,1-2H3,(H,18,19);1-5,12-13H,6-10H2,(H2,16,17);5H,3-4H2,1-2H3;1H4. The number of oxazole rings is 2. The molecule has 3 aliphatic rings. The molecule has 1 atom stereocenters. The van der Waals surface area contributed by atoms with Crippen molar-refractivity contribution >= 4 is 63.4 Å². The molecule has 440 valence electrons. The highest BCUT2D eigenvalue weighted by atomic mass is 79.9. The number of hydrogen-bond donors (Lipinski definition) is 2. The summed E-state index contributed by atoms with van der Waals surface area (Å²) in [6.07, 6.45) is 8.87. The summed E-state index contributed by atoms with van der Waals surface area (Å²) in [5.41, 5.74) is 8.50. The Morgan fingerprint density at radius 3 is 1.26 bits per heavy atom. The Morgan fingerprint density at radius 2 is 0.912 bits per heavy atom. The minimum absolute atomic E-state index is 0. The topological polar surface area (TPSA) is 281 Å². The first-order valence-corrected chi connectivity index (χ1v) is 28.2. The summed E-state index contributed by atoms with van der Waals surface area (Å²) in [6.45, 7) is 12.2. The number of rotatable bonds is 20. The lowest BCUT2D eigenvalue weighted by atomic mass is 9.82. The van der Waals surface area contributed by atoms with Crippen LogP contribution in [0.25, 0.3) is 0 Å². The van der Waals surface area contributed by atoms with Gasteiger partial charge in [0.05, 0.1) is 66.6 Å². The van der Waals surface area contributed by atoms with Crippen molar-refractivity contribution in [1.29, 1.82) is 0 Å². The van der Waals surface area contributed by atoms with Crippen molar-refractivity contribution in [3.8, 4) is 0 Å². The number of halogens is 1. The predicted octanol–water partition coefficient (Wildman–Crippen LogP) is 10.5. The van der Waals surface area contributed by atoms with Gasteiger partial charge in [-0.2, -0.15) is 0 Å². The van der Waals surface area contributed by atoms with Crippen molar-refractivity contribution in [1.82, 2.24) is 9.97 Å². The van der Waals surface area contributed by atoms with Crippen LogP contribution in [-0.4, -0.2) is 87.2 Å². The Balaban J connectivity index is 0.000000292. The van der Waals surface area contributed by atoms with E-state index in [-0.39, 0.29) is 103 Å². The van der Waals surface area contributed by atoms with Gasteiger partial charge in [-0.15, -0.1) is 0 Å². The molecule has 4 aromatic rings. The van der Waals surface area contributed by atoms with Gasteiger partial charge in [0.25, 0.3) is 0 Å². The van der Waals surface area contributed by atoms with Crippen LogP contribution in [0.5, 0.6) is 0 Å². The van der Waals surface area contributed by atoms with Gasteiger partial charge in [-0.05, 0) is 130 Å². The van der Waals surface area contributed by atoms with Gasteiger partial charge < -0.3 is 43.4 Å². The van der Waals surface area contributed by atoms with Crippen LogP contribution in [0.15, 0.2) is 69.5 Å². The zero-order chi connectivity index (χ0) is 57.9. The van der Waals surface area contributed by atoms with Gasteiger partial charge in [0.15, 0.2) is 17.6 Å². The molecule has 3 fully saturated rings. The van der Waals surface area contributed by atoms with Crippen LogP contribution >= 0.6 is 15.9 Å². The molecular formula is C60H82BrN3O16. The van der Waals surface area contributed by atoms with Crippen LogP contribution in [-0.2, 0) is 88.1 Å². The first-order valence-electron chi connectivity index (χ1n) is 27.3. The highest BCUT2D eigenvalue weighted by Crippen LogP contribution is 2.38. The van der Waals surface area contributed by atoms with Crippen LogP contribution < -0.4 is 5.73 Å². The highest BCUT2D eigenvalue weighted by molar-refractivity contribution is 9.10. The molecule has 0 saturated heterocycles. The van der Waals surface area contributed by atoms with Crippen LogP contribution in [0.3, 0.4) is 0 Å². The largest absolute Gasteiger partial charge is 0.481 e. The maximum absolute atomic E-state index is 12.3. The molecule has 0 spiro atoms. The molecule has 2 heterocycles. The highest BCUT2D eigenvalue weighted by Gasteiger charge is 2.33. The molecule has 20 heteroatoms. The minimum atomic E-state index is -0.722. The molecular weight excluding hydrogens is 1100 g/mol. The Bertz CT molecular complexity index is 2560. The fourth-order valence-electron chi connectivity index (χ4n) is 9.24. The summed E-state index contributed by atoms with van der Waals surface area (Å²) in [5.74, 6) is -0.0595. The second-order valence-electron chi connectivity index (χ2n) is 19.7. The number of Topliss-reactive ketones (excluding diaryl/α,β-unsaturated/α-hetero) is 1. The van der Waals surface area contributed by atoms with Crippen LogP contribution in [0.2, 0.25) is 0 Å². The summed E-state index contributed by atoms with van der Waals surface area (Å²) in [5, 5.41) is 9.00. The number of carbonyl (C=O) groups excluding carboxylic acids is 7. The van der Waals surface area contributed by atoms with E-state index >= 15 is 0 Å². The van der Waals surface area contributed by atoms with E-state index in [1.807, 2.05) is 67.6 Å². The van der Waals surface area contributed by atoms with Gasteiger partial charge in [-0.25, -0.2) is 9.97 Å². The number of benzene rings is 2. The summed E-state index contributed by atoms with van der Waals surface area (Å²) in [4.78, 5) is 99.7. The lowest BCUT2D eigenvalue weighted by Crippen LogP contribution is -2.30. The van der Waals surface area contributed by atoms with E-state index in [9.17, 15) is 38.4 Å². The van der Waals surface area contributed by atoms with Crippen LogP contribution in [0.1, 0.15) is 176 Å². The SMILES string of the molecule is C.CCOC(=O)CC(=O)C(C)Br.CCOC(=O)Cc1nc(C2CCC(C(=O)O)CC2)oc1C.CCOC(=O)Cc1nc(C2CCC(C(=O)OCc3ccccc3)CC2)oc1C.NC(=O)C1CCC(C(=O)OCc2ccccc2)CC1. The van der Waals surface area contributed by atoms with Gasteiger partial charge >= 0.3 is 35.8 Å². The van der Waals surface area contributed by atoms with Crippen LogP contribution in [0.4, 0.5) is 0 Å². The summed E-state index contributed by atoms with van der Waals surface area (Å²) >= 11 is 3.06. The molecule has 7 rings (SSSR count). The maximum atomic E-state index is 12.3. The quantitative estimate of drug-likeness (QED) is 0.0360. The molecule has 0 aliphatic heterocycles. The van der Waals surface area contributed by atoms with E-state index < -0.39 is 11.9 Å². The smallest absolute Gasteiger partial charge is 0.313 e. The number of carboxylic acids is 1. The summed E-state index contributed by atoms with van der Waals surface area (Å²) in [6, 6.07) is 19.3. The van der Waals surface area contributed by atoms with E-state index in [1.165, 1.54) is 0 Å². The number of aryl methyl sites for hydroxylation is 2. The molecule has 2 aromatic heterocycles. The number of alkyl halides is 1. The first kappa shape index (κ1) is 67.6. The lowest BCUT2D eigenvalue weighted by Gasteiger charge is -2.25. The third kappa shape index (κ3) is 23.6. The fourth-order valence-corrected chi connectivity index (χ4v) is 9.40.